The van der Waals surface area contributed by atoms with Gasteiger partial charge in [-0.2, -0.15) is 15.0 Å². The molecule has 1 aromatic rings. The van der Waals surface area contributed by atoms with Crippen LogP contribution in [-0.2, 0) is 4.74 Å². The van der Waals surface area contributed by atoms with Gasteiger partial charge in [0, 0.05) is 32.3 Å². The first-order valence-electron chi connectivity index (χ1n) is 6.73. The van der Waals surface area contributed by atoms with Crippen LogP contribution < -0.4 is 10.2 Å². The lowest BCUT2D eigenvalue weighted by atomic mass is 10.1. The van der Waals surface area contributed by atoms with E-state index in [1.165, 1.54) is 0 Å². The van der Waals surface area contributed by atoms with Gasteiger partial charge in [-0.1, -0.05) is 0 Å². The highest BCUT2D eigenvalue weighted by atomic mass is 35.5. The van der Waals surface area contributed by atoms with Crippen LogP contribution in [0, 0.1) is 0 Å². The molecule has 0 saturated carbocycles. The number of rotatable bonds is 5. The van der Waals surface area contributed by atoms with E-state index in [0.29, 0.717) is 17.9 Å². The van der Waals surface area contributed by atoms with Crippen molar-refractivity contribution >= 4 is 23.5 Å². The summed E-state index contributed by atoms with van der Waals surface area (Å²) in [5, 5.41) is 3.54. The maximum atomic E-state index is 5.97. The van der Waals surface area contributed by atoms with Gasteiger partial charge < -0.3 is 15.0 Å². The summed E-state index contributed by atoms with van der Waals surface area (Å²) in [5.74, 6) is 1.17. The van der Waals surface area contributed by atoms with Crippen LogP contribution in [0.25, 0.3) is 0 Å². The van der Waals surface area contributed by atoms with Crippen molar-refractivity contribution in [2.45, 2.75) is 32.7 Å². The molecule has 0 radical (unpaired) electrons. The van der Waals surface area contributed by atoms with Gasteiger partial charge in [0.05, 0.1) is 0 Å². The minimum Gasteiger partial charge on any atom is -0.381 e. The average Bonchev–Trinajstić information content (AvgIpc) is 2.40. The summed E-state index contributed by atoms with van der Waals surface area (Å²) in [5.41, 5.74) is 0. The molecule has 1 N–H and O–H groups in total. The molecule has 1 aliphatic heterocycles. The van der Waals surface area contributed by atoms with Gasteiger partial charge in [-0.05, 0) is 38.3 Å². The van der Waals surface area contributed by atoms with Crippen LogP contribution in [0.4, 0.5) is 11.9 Å². The van der Waals surface area contributed by atoms with E-state index >= 15 is 0 Å². The van der Waals surface area contributed by atoms with E-state index in [1.54, 1.807) is 0 Å². The zero-order valence-corrected chi connectivity index (χ0v) is 12.2. The molecule has 0 bridgehead atoms. The topological polar surface area (TPSA) is 63.2 Å². The van der Waals surface area contributed by atoms with E-state index in [4.69, 9.17) is 16.3 Å². The third-order valence-electron chi connectivity index (χ3n) is 3.20. The fourth-order valence-electron chi connectivity index (χ4n) is 2.08. The first-order valence-corrected chi connectivity index (χ1v) is 7.11. The summed E-state index contributed by atoms with van der Waals surface area (Å²) < 4.78 is 5.33. The normalized spacial score (nSPS) is 16.4. The van der Waals surface area contributed by atoms with Gasteiger partial charge in [-0.25, -0.2) is 0 Å². The monoisotopic (exact) mass is 285 g/mol. The van der Waals surface area contributed by atoms with Crippen molar-refractivity contribution in [3.63, 3.8) is 0 Å². The quantitative estimate of drug-likeness (QED) is 0.892. The second-order valence-corrected chi connectivity index (χ2v) is 4.77. The van der Waals surface area contributed by atoms with Gasteiger partial charge >= 0.3 is 0 Å². The van der Waals surface area contributed by atoms with E-state index in [2.05, 4.69) is 34.1 Å². The maximum Gasteiger partial charge on any atom is 0.231 e. The van der Waals surface area contributed by atoms with Crippen LogP contribution in [0.15, 0.2) is 0 Å². The minimum absolute atomic E-state index is 0.228. The van der Waals surface area contributed by atoms with Crippen molar-refractivity contribution < 1.29 is 4.74 Å². The van der Waals surface area contributed by atoms with Crippen LogP contribution in [0.3, 0.4) is 0 Å². The van der Waals surface area contributed by atoms with E-state index in [0.717, 1.165) is 39.1 Å². The fraction of sp³-hybridized carbons (Fsp3) is 0.750. The lowest BCUT2D eigenvalue weighted by Gasteiger charge is -2.24. The highest BCUT2D eigenvalue weighted by molar-refractivity contribution is 6.28. The molecule has 19 heavy (non-hydrogen) atoms. The predicted molar refractivity (Wildman–Crippen MR) is 75.9 cm³/mol. The van der Waals surface area contributed by atoms with Crippen molar-refractivity contribution in [1.82, 2.24) is 15.0 Å². The Morgan fingerprint density at radius 2 is 1.89 bits per heavy atom. The van der Waals surface area contributed by atoms with Gasteiger partial charge in [0.15, 0.2) is 0 Å². The molecule has 2 heterocycles. The molecule has 0 aromatic carbocycles. The van der Waals surface area contributed by atoms with Crippen LogP contribution in [0.5, 0.6) is 0 Å². The molecule has 0 spiro atoms. The van der Waals surface area contributed by atoms with Crippen molar-refractivity contribution in [2.75, 3.05) is 36.5 Å². The molecule has 1 aliphatic rings. The molecule has 0 unspecified atom stereocenters. The first-order chi connectivity index (χ1) is 9.22. The number of nitrogens with one attached hydrogen (secondary N) is 1. The number of halogens is 1. The summed E-state index contributed by atoms with van der Waals surface area (Å²) >= 11 is 5.97. The molecule has 1 saturated heterocycles. The van der Waals surface area contributed by atoms with E-state index in [1.807, 2.05) is 4.90 Å². The van der Waals surface area contributed by atoms with Crippen molar-refractivity contribution in [3.8, 4) is 0 Å². The van der Waals surface area contributed by atoms with Gasteiger partial charge in [0.2, 0.25) is 17.2 Å². The first kappa shape index (κ1) is 14.3. The van der Waals surface area contributed by atoms with Crippen LogP contribution in [-0.4, -0.2) is 47.3 Å². The van der Waals surface area contributed by atoms with Gasteiger partial charge in [0.25, 0.3) is 0 Å². The second-order valence-electron chi connectivity index (χ2n) is 4.43. The van der Waals surface area contributed by atoms with Crippen LogP contribution in [0.2, 0.25) is 5.28 Å². The molecule has 106 valence electrons. The summed E-state index contributed by atoms with van der Waals surface area (Å²) in [6, 6.07) is 0.344. The number of hydrogen-bond donors (Lipinski definition) is 1. The molecule has 0 aliphatic carbocycles. The molecule has 0 atom stereocenters. The Bertz CT molecular complexity index is 407. The van der Waals surface area contributed by atoms with E-state index < -0.39 is 0 Å². The summed E-state index contributed by atoms with van der Waals surface area (Å²) in [6.07, 6.45) is 1.92. The highest BCUT2D eigenvalue weighted by Crippen LogP contribution is 2.16. The van der Waals surface area contributed by atoms with Gasteiger partial charge in [-0.3, -0.25) is 0 Å². The van der Waals surface area contributed by atoms with Crippen molar-refractivity contribution in [2.24, 2.45) is 0 Å². The Hall–Kier alpha value is -1.14. The minimum atomic E-state index is 0.228. The smallest absolute Gasteiger partial charge is 0.231 e. The number of ether oxygens (including phenoxy) is 1. The number of anilines is 2. The van der Waals surface area contributed by atoms with Crippen LogP contribution >= 0.6 is 11.6 Å². The highest BCUT2D eigenvalue weighted by Gasteiger charge is 2.16. The molecule has 7 heteroatoms. The summed E-state index contributed by atoms with van der Waals surface area (Å²) in [4.78, 5) is 14.8. The van der Waals surface area contributed by atoms with Gasteiger partial charge in [0.1, 0.15) is 0 Å². The molecule has 0 amide bonds. The lowest BCUT2D eigenvalue weighted by Crippen LogP contribution is -2.30. The molecule has 2 rings (SSSR count). The Morgan fingerprint density at radius 3 is 2.53 bits per heavy atom. The second kappa shape index (κ2) is 6.86. The largest absolute Gasteiger partial charge is 0.381 e. The SMILES string of the molecule is CCN(CC)c1nc(Cl)nc(NC2CCOCC2)n1. The van der Waals surface area contributed by atoms with E-state index in [-0.39, 0.29) is 5.28 Å². The van der Waals surface area contributed by atoms with Crippen LogP contribution in [0.1, 0.15) is 26.7 Å². The Kier molecular flexibility index (Phi) is 5.15. The Labute approximate surface area is 118 Å². The van der Waals surface area contributed by atoms with Crippen molar-refractivity contribution in [3.05, 3.63) is 5.28 Å². The summed E-state index contributed by atoms with van der Waals surface area (Å²) in [7, 11) is 0. The van der Waals surface area contributed by atoms with Crippen molar-refractivity contribution in [1.29, 1.82) is 0 Å². The average molecular weight is 286 g/mol. The third-order valence-corrected chi connectivity index (χ3v) is 3.37. The lowest BCUT2D eigenvalue weighted by molar-refractivity contribution is 0.0903. The third kappa shape index (κ3) is 3.91. The molecular weight excluding hydrogens is 266 g/mol. The number of hydrogen-bond acceptors (Lipinski definition) is 6. The molecular formula is C12H20ClN5O. The molecule has 1 fully saturated rings. The number of nitrogens with zero attached hydrogens (tertiary/aromatic N) is 4. The van der Waals surface area contributed by atoms with Gasteiger partial charge in [-0.15, -0.1) is 0 Å². The summed E-state index contributed by atoms with van der Waals surface area (Å²) in [6.45, 7) is 7.36. The standard InChI is InChI=1S/C12H20ClN5O/c1-3-18(4-2)12-16-10(13)15-11(17-12)14-9-5-7-19-8-6-9/h9H,3-8H2,1-2H3,(H,14,15,16,17). The zero-order valence-electron chi connectivity index (χ0n) is 11.4. The Morgan fingerprint density at radius 1 is 1.21 bits per heavy atom. The number of aromatic nitrogens is 3. The molecule has 6 nitrogen and oxygen atoms in total. The Balaban J connectivity index is 2.11. The fourth-order valence-corrected chi connectivity index (χ4v) is 2.23. The predicted octanol–water partition coefficient (Wildman–Crippen LogP) is 1.96. The molecule has 1 aromatic heterocycles. The van der Waals surface area contributed by atoms with E-state index in [9.17, 15) is 0 Å². The maximum absolute atomic E-state index is 5.97. The zero-order chi connectivity index (χ0) is 13.7.